The molecule has 4 aromatic rings. The van der Waals surface area contributed by atoms with Crippen LogP contribution in [0.2, 0.25) is 0 Å². The molecule has 1 aromatic heterocycles. The number of rotatable bonds is 4. The summed E-state index contributed by atoms with van der Waals surface area (Å²) in [6.07, 6.45) is 0. The van der Waals surface area contributed by atoms with Crippen molar-refractivity contribution in [3.05, 3.63) is 83.4 Å². The highest BCUT2D eigenvalue weighted by molar-refractivity contribution is 6.04. The molecule has 1 amide bonds. The molecule has 4 rings (SSSR count). The smallest absolute Gasteiger partial charge is 0.255 e. The molecule has 28 heavy (non-hydrogen) atoms. The molecular weight excluding hydrogens is 348 g/mol. The van der Waals surface area contributed by atoms with Gasteiger partial charge < -0.3 is 9.73 Å². The van der Waals surface area contributed by atoms with Gasteiger partial charge in [0.25, 0.3) is 5.91 Å². The van der Waals surface area contributed by atoms with Gasteiger partial charge in [-0.25, -0.2) is 4.98 Å². The Kier molecular flexibility index (Phi) is 4.70. The van der Waals surface area contributed by atoms with E-state index in [4.69, 9.17) is 4.42 Å². The van der Waals surface area contributed by atoms with Gasteiger partial charge in [-0.15, -0.1) is 0 Å². The third-order valence-corrected chi connectivity index (χ3v) is 4.85. The number of oxazole rings is 1. The molecule has 0 spiro atoms. The second kappa shape index (κ2) is 7.31. The van der Waals surface area contributed by atoms with Crippen molar-refractivity contribution in [2.24, 2.45) is 0 Å². The Balaban J connectivity index is 1.67. The molecule has 0 saturated carbocycles. The van der Waals surface area contributed by atoms with E-state index in [1.54, 1.807) is 12.1 Å². The molecule has 0 bridgehead atoms. The van der Waals surface area contributed by atoms with Gasteiger partial charge in [0.2, 0.25) is 5.89 Å². The van der Waals surface area contributed by atoms with Gasteiger partial charge in [0.05, 0.1) is 0 Å². The van der Waals surface area contributed by atoms with E-state index < -0.39 is 0 Å². The van der Waals surface area contributed by atoms with Crippen molar-refractivity contribution in [2.75, 3.05) is 5.32 Å². The zero-order valence-corrected chi connectivity index (χ0v) is 16.2. The number of hydrogen-bond acceptors (Lipinski definition) is 3. The number of hydrogen-bond donors (Lipinski definition) is 1. The lowest BCUT2D eigenvalue weighted by Crippen LogP contribution is -2.12. The second-order valence-electron chi connectivity index (χ2n) is 7.25. The number of fused-ring (bicyclic) bond motifs is 1. The van der Waals surface area contributed by atoms with Crippen LogP contribution in [0.25, 0.3) is 22.6 Å². The summed E-state index contributed by atoms with van der Waals surface area (Å²) in [5.74, 6) is 0.842. The Bertz CT molecular complexity index is 1140. The van der Waals surface area contributed by atoms with E-state index in [1.807, 2.05) is 49.4 Å². The Morgan fingerprint density at radius 3 is 2.54 bits per heavy atom. The van der Waals surface area contributed by atoms with Crippen LogP contribution in [-0.2, 0) is 0 Å². The van der Waals surface area contributed by atoms with E-state index in [0.29, 0.717) is 17.4 Å². The molecule has 3 aromatic carbocycles. The van der Waals surface area contributed by atoms with Crippen molar-refractivity contribution in [3.8, 4) is 11.5 Å². The monoisotopic (exact) mass is 370 g/mol. The third kappa shape index (κ3) is 3.54. The Labute approximate surface area is 164 Å². The minimum atomic E-state index is -0.139. The van der Waals surface area contributed by atoms with Gasteiger partial charge >= 0.3 is 0 Å². The molecule has 0 unspecified atom stereocenters. The van der Waals surface area contributed by atoms with Crippen LogP contribution in [-0.4, -0.2) is 10.9 Å². The lowest BCUT2D eigenvalue weighted by molar-refractivity contribution is 0.102. The molecule has 0 aliphatic rings. The van der Waals surface area contributed by atoms with Gasteiger partial charge in [-0.3, -0.25) is 4.79 Å². The molecule has 0 atom stereocenters. The summed E-state index contributed by atoms with van der Waals surface area (Å²) in [6.45, 7) is 6.28. The maximum atomic E-state index is 12.5. The van der Waals surface area contributed by atoms with Crippen LogP contribution in [0.3, 0.4) is 0 Å². The van der Waals surface area contributed by atoms with Gasteiger partial charge in [0.1, 0.15) is 5.52 Å². The average Bonchev–Trinajstić information content (AvgIpc) is 3.13. The summed E-state index contributed by atoms with van der Waals surface area (Å²) in [4.78, 5) is 17.2. The SMILES string of the molecule is Cc1ccc(-c2nc3cc(C(C)C)ccc3o2)cc1NC(=O)c1ccccc1. The van der Waals surface area contributed by atoms with Crippen molar-refractivity contribution in [2.45, 2.75) is 26.7 Å². The van der Waals surface area contributed by atoms with Crippen LogP contribution in [0.4, 0.5) is 5.69 Å². The Morgan fingerprint density at radius 1 is 1.00 bits per heavy atom. The number of aromatic nitrogens is 1. The summed E-state index contributed by atoms with van der Waals surface area (Å²) in [6, 6.07) is 21.1. The van der Waals surface area contributed by atoms with Crippen molar-refractivity contribution < 1.29 is 9.21 Å². The fourth-order valence-electron chi connectivity index (χ4n) is 3.10. The molecule has 140 valence electrons. The lowest BCUT2D eigenvalue weighted by Gasteiger charge is -2.09. The highest BCUT2D eigenvalue weighted by Gasteiger charge is 2.13. The molecular formula is C24H22N2O2. The van der Waals surface area contributed by atoms with Gasteiger partial charge in [-0.1, -0.05) is 44.2 Å². The summed E-state index contributed by atoms with van der Waals surface area (Å²) in [5.41, 5.74) is 6.01. The zero-order valence-electron chi connectivity index (χ0n) is 16.2. The number of nitrogens with one attached hydrogen (secondary N) is 1. The minimum Gasteiger partial charge on any atom is -0.436 e. The molecule has 4 heteroatoms. The van der Waals surface area contributed by atoms with E-state index in [-0.39, 0.29) is 5.91 Å². The first-order valence-electron chi connectivity index (χ1n) is 9.39. The number of benzene rings is 3. The van der Waals surface area contributed by atoms with Gasteiger partial charge in [-0.2, -0.15) is 0 Å². The Morgan fingerprint density at radius 2 is 1.79 bits per heavy atom. The largest absolute Gasteiger partial charge is 0.436 e. The number of anilines is 1. The molecule has 4 nitrogen and oxygen atoms in total. The van der Waals surface area contributed by atoms with Crippen molar-refractivity contribution in [3.63, 3.8) is 0 Å². The molecule has 0 radical (unpaired) electrons. The molecule has 0 fully saturated rings. The normalized spacial score (nSPS) is 11.1. The number of aryl methyl sites for hydroxylation is 1. The van der Waals surface area contributed by atoms with E-state index >= 15 is 0 Å². The van der Waals surface area contributed by atoms with Crippen LogP contribution in [0.1, 0.15) is 41.3 Å². The molecule has 1 heterocycles. The van der Waals surface area contributed by atoms with Crippen LogP contribution in [0.5, 0.6) is 0 Å². The molecule has 1 N–H and O–H groups in total. The maximum Gasteiger partial charge on any atom is 0.255 e. The summed E-state index contributed by atoms with van der Waals surface area (Å²) in [5, 5.41) is 2.99. The standard InChI is InChI=1S/C24H22N2O2/c1-15(2)18-11-12-22-21(13-18)26-24(28-22)19-10-9-16(3)20(14-19)25-23(27)17-7-5-4-6-8-17/h4-15H,1-3H3,(H,25,27). The van der Waals surface area contributed by atoms with Crippen molar-refractivity contribution in [1.29, 1.82) is 0 Å². The average molecular weight is 370 g/mol. The number of nitrogens with zero attached hydrogens (tertiary/aromatic N) is 1. The van der Waals surface area contributed by atoms with Gasteiger partial charge in [-0.05, 0) is 60.4 Å². The fraction of sp³-hybridized carbons (Fsp3) is 0.167. The molecule has 0 saturated heterocycles. The first kappa shape index (κ1) is 18.0. The first-order chi connectivity index (χ1) is 13.5. The summed E-state index contributed by atoms with van der Waals surface area (Å²) >= 11 is 0. The highest BCUT2D eigenvalue weighted by atomic mass is 16.3. The zero-order chi connectivity index (χ0) is 19.7. The number of carbonyl (C=O) groups is 1. The van der Waals surface area contributed by atoms with E-state index in [9.17, 15) is 4.79 Å². The van der Waals surface area contributed by atoms with E-state index in [0.717, 1.165) is 27.9 Å². The molecule has 0 aliphatic carbocycles. The van der Waals surface area contributed by atoms with E-state index in [1.165, 1.54) is 5.56 Å². The van der Waals surface area contributed by atoms with Crippen LogP contribution in [0, 0.1) is 6.92 Å². The van der Waals surface area contributed by atoms with Crippen LogP contribution in [0.15, 0.2) is 71.1 Å². The summed E-state index contributed by atoms with van der Waals surface area (Å²) < 4.78 is 5.95. The quantitative estimate of drug-likeness (QED) is 0.467. The summed E-state index contributed by atoms with van der Waals surface area (Å²) in [7, 11) is 0. The number of carbonyl (C=O) groups excluding carboxylic acids is 1. The third-order valence-electron chi connectivity index (χ3n) is 4.85. The maximum absolute atomic E-state index is 12.5. The lowest BCUT2D eigenvalue weighted by atomic mass is 10.0. The van der Waals surface area contributed by atoms with Crippen LogP contribution >= 0.6 is 0 Å². The second-order valence-corrected chi connectivity index (χ2v) is 7.25. The van der Waals surface area contributed by atoms with Gasteiger partial charge in [0.15, 0.2) is 5.58 Å². The van der Waals surface area contributed by atoms with Crippen molar-refractivity contribution >= 4 is 22.7 Å². The predicted molar refractivity (Wildman–Crippen MR) is 113 cm³/mol. The minimum absolute atomic E-state index is 0.139. The Hall–Kier alpha value is -3.40. The van der Waals surface area contributed by atoms with Crippen molar-refractivity contribution in [1.82, 2.24) is 4.98 Å². The molecule has 0 aliphatic heterocycles. The van der Waals surface area contributed by atoms with Crippen LogP contribution < -0.4 is 5.32 Å². The highest BCUT2D eigenvalue weighted by Crippen LogP contribution is 2.29. The van der Waals surface area contributed by atoms with E-state index in [2.05, 4.69) is 36.3 Å². The van der Waals surface area contributed by atoms with Gasteiger partial charge in [0, 0.05) is 16.8 Å². The predicted octanol–water partition coefficient (Wildman–Crippen LogP) is 6.18. The number of amides is 1. The topological polar surface area (TPSA) is 55.1 Å². The first-order valence-corrected chi connectivity index (χ1v) is 9.39. The fourth-order valence-corrected chi connectivity index (χ4v) is 3.10.